The predicted octanol–water partition coefficient (Wildman–Crippen LogP) is 6.14. The number of carbonyl (C=O) groups excluding carboxylic acids is 2. The Hall–Kier alpha value is -3.48. The van der Waals surface area contributed by atoms with E-state index in [1.165, 1.54) is 22.7 Å². The number of nitrogens with zero attached hydrogens (tertiary/aromatic N) is 2. The van der Waals surface area contributed by atoms with E-state index >= 15 is 0 Å². The van der Waals surface area contributed by atoms with Crippen molar-refractivity contribution in [2.45, 2.75) is 24.9 Å². The van der Waals surface area contributed by atoms with Crippen LogP contribution in [0.4, 0.5) is 5.69 Å². The van der Waals surface area contributed by atoms with Gasteiger partial charge in [0.15, 0.2) is 0 Å². The highest BCUT2D eigenvalue weighted by atomic mass is 79.9. The Labute approximate surface area is 255 Å². The standard InChI is InChI=1S/C28H23BrCl2N4O5S/c1-18-6-12-23(13-7-18)41(38,39)35(16-19-8-9-20(30)14-25(19)31)17-22-11-10-21(40-22)15-32-34-28(37)27(36)33-26-5-3-2-4-24(26)29/h2-15H,16-17H2,1H3,(H,33,36)(H,34,37)/b32-15+. The lowest BCUT2D eigenvalue weighted by molar-refractivity contribution is -0.136. The van der Waals surface area contributed by atoms with E-state index < -0.39 is 21.8 Å². The summed E-state index contributed by atoms with van der Waals surface area (Å²) in [6.07, 6.45) is 1.20. The van der Waals surface area contributed by atoms with Crippen LogP contribution in [0.1, 0.15) is 22.6 Å². The van der Waals surface area contributed by atoms with Gasteiger partial charge >= 0.3 is 11.8 Å². The molecule has 41 heavy (non-hydrogen) atoms. The average molecular weight is 678 g/mol. The number of carbonyl (C=O) groups is 2. The van der Waals surface area contributed by atoms with Gasteiger partial charge in [-0.15, -0.1) is 0 Å². The van der Waals surface area contributed by atoms with Crippen LogP contribution in [0.2, 0.25) is 10.0 Å². The van der Waals surface area contributed by atoms with Gasteiger partial charge in [0.25, 0.3) is 0 Å². The van der Waals surface area contributed by atoms with Gasteiger partial charge in [0.1, 0.15) is 11.5 Å². The van der Waals surface area contributed by atoms with Gasteiger partial charge in [-0.3, -0.25) is 9.59 Å². The quantitative estimate of drug-likeness (QED) is 0.125. The first-order valence-electron chi connectivity index (χ1n) is 12.0. The minimum atomic E-state index is -3.96. The van der Waals surface area contributed by atoms with Crippen LogP contribution in [0, 0.1) is 6.92 Å². The molecule has 0 atom stereocenters. The van der Waals surface area contributed by atoms with Crippen molar-refractivity contribution < 1.29 is 22.4 Å². The van der Waals surface area contributed by atoms with Gasteiger partial charge in [0.05, 0.1) is 23.3 Å². The molecule has 2 amide bonds. The summed E-state index contributed by atoms with van der Waals surface area (Å²) in [5.41, 5.74) is 4.03. The maximum atomic E-state index is 13.6. The van der Waals surface area contributed by atoms with Crippen LogP contribution in [0.25, 0.3) is 0 Å². The summed E-state index contributed by atoms with van der Waals surface area (Å²) < 4.78 is 34.8. The SMILES string of the molecule is Cc1ccc(S(=O)(=O)N(Cc2ccc(/C=N/NC(=O)C(=O)Nc3ccccc3Br)o2)Cc2ccc(Cl)cc2Cl)cc1. The van der Waals surface area contributed by atoms with Crippen LogP contribution in [-0.2, 0) is 32.7 Å². The normalized spacial score (nSPS) is 11.6. The molecular formula is C28H23BrCl2N4O5S. The molecule has 4 rings (SSSR count). The third kappa shape index (κ3) is 8.05. The molecule has 1 aromatic heterocycles. The first-order valence-corrected chi connectivity index (χ1v) is 15.0. The molecule has 0 unspecified atom stereocenters. The molecule has 13 heteroatoms. The van der Waals surface area contributed by atoms with Crippen LogP contribution in [0.5, 0.6) is 0 Å². The fourth-order valence-corrected chi connectivity index (χ4v) is 5.83. The number of hydrogen-bond donors (Lipinski definition) is 2. The van der Waals surface area contributed by atoms with E-state index in [1.807, 2.05) is 6.92 Å². The Morgan fingerprint density at radius 1 is 0.976 bits per heavy atom. The van der Waals surface area contributed by atoms with Crippen molar-refractivity contribution in [3.8, 4) is 0 Å². The number of furan rings is 1. The second-order valence-corrected chi connectivity index (χ2v) is 12.4. The highest BCUT2D eigenvalue weighted by Gasteiger charge is 2.27. The molecule has 4 aromatic rings. The van der Waals surface area contributed by atoms with Crippen molar-refractivity contribution in [2.24, 2.45) is 5.10 Å². The van der Waals surface area contributed by atoms with Gasteiger partial charge in [0, 0.05) is 21.1 Å². The summed E-state index contributed by atoms with van der Waals surface area (Å²) in [5.74, 6) is -1.36. The molecule has 9 nitrogen and oxygen atoms in total. The maximum Gasteiger partial charge on any atom is 0.329 e. The molecule has 212 valence electrons. The summed E-state index contributed by atoms with van der Waals surface area (Å²) in [7, 11) is -3.96. The Morgan fingerprint density at radius 2 is 1.71 bits per heavy atom. The number of halogens is 3. The van der Waals surface area contributed by atoms with E-state index in [1.54, 1.807) is 66.7 Å². The summed E-state index contributed by atoms with van der Waals surface area (Å²) in [4.78, 5) is 24.4. The zero-order valence-electron chi connectivity index (χ0n) is 21.5. The van der Waals surface area contributed by atoms with Crippen LogP contribution in [-0.4, -0.2) is 30.8 Å². The third-order valence-corrected chi connectivity index (χ3v) is 8.81. The van der Waals surface area contributed by atoms with Gasteiger partial charge < -0.3 is 9.73 Å². The lowest BCUT2D eigenvalue weighted by Gasteiger charge is -2.22. The summed E-state index contributed by atoms with van der Waals surface area (Å²) in [6.45, 7) is 1.70. The number of sulfonamides is 1. The minimum Gasteiger partial charge on any atom is -0.459 e. The van der Waals surface area contributed by atoms with Crippen molar-refractivity contribution >= 4 is 72.9 Å². The van der Waals surface area contributed by atoms with Crippen molar-refractivity contribution in [2.75, 3.05) is 5.32 Å². The van der Waals surface area contributed by atoms with Crippen LogP contribution < -0.4 is 10.7 Å². The zero-order chi connectivity index (χ0) is 29.6. The van der Waals surface area contributed by atoms with Gasteiger partial charge in [-0.25, -0.2) is 13.8 Å². The Morgan fingerprint density at radius 3 is 2.41 bits per heavy atom. The van der Waals surface area contributed by atoms with E-state index in [4.69, 9.17) is 27.6 Å². The van der Waals surface area contributed by atoms with Crippen LogP contribution in [0.15, 0.2) is 97.7 Å². The number of anilines is 1. The Kier molecular flexibility index (Phi) is 10.0. The highest BCUT2D eigenvalue weighted by Crippen LogP contribution is 2.27. The number of aryl methyl sites for hydroxylation is 1. The molecule has 0 fully saturated rings. The molecule has 0 spiro atoms. The molecule has 0 saturated heterocycles. The molecule has 0 bridgehead atoms. The van der Waals surface area contributed by atoms with E-state index in [0.29, 0.717) is 31.5 Å². The number of rotatable bonds is 9. The third-order valence-electron chi connectivity index (χ3n) is 5.72. The van der Waals surface area contributed by atoms with E-state index in [2.05, 4.69) is 31.8 Å². The monoisotopic (exact) mass is 676 g/mol. The number of nitrogens with one attached hydrogen (secondary N) is 2. The largest absolute Gasteiger partial charge is 0.459 e. The number of hydrazone groups is 1. The minimum absolute atomic E-state index is 0.0426. The second kappa shape index (κ2) is 13.5. The number of para-hydroxylation sites is 1. The molecule has 3 aromatic carbocycles. The average Bonchev–Trinajstić information content (AvgIpc) is 3.38. The zero-order valence-corrected chi connectivity index (χ0v) is 25.4. The molecule has 0 radical (unpaired) electrons. The molecule has 2 N–H and O–H groups in total. The smallest absolute Gasteiger partial charge is 0.329 e. The second-order valence-electron chi connectivity index (χ2n) is 8.76. The fraction of sp³-hybridized carbons (Fsp3) is 0.107. The van der Waals surface area contributed by atoms with E-state index in [0.717, 1.165) is 5.56 Å². The first kappa shape index (κ1) is 30.5. The maximum absolute atomic E-state index is 13.6. The van der Waals surface area contributed by atoms with Gasteiger partial charge in [-0.05, 0) is 76.9 Å². The lowest BCUT2D eigenvalue weighted by atomic mass is 10.2. The summed E-state index contributed by atoms with van der Waals surface area (Å²) in [6, 6.07) is 21.3. The first-order chi connectivity index (χ1) is 19.5. The molecule has 0 aliphatic heterocycles. The number of amides is 2. The fourth-order valence-electron chi connectivity index (χ4n) is 3.59. The number of hydrogen-bond acceptors (Lipinski definition) is 6. The predicted molar refractivity (Wildman–Crippen MR) is 161 cm³/mol. The van der Waals surface area contributed by atoms with Crippen molar-refractivity contribution in [1.82, 2.24) is 9.73 Å². The molecule has 0 saturated carbocycles. The summed E-state index contributed by atoms with van der Waals surface area (Å²) >= 11 is 15.6. The number of benzene rings is 3. The lowest BCUT2D eigenvalue weighted by Crippen LogP contribution is -2.32. The highest BCUT2D eigenvalue weighted by molar-refractivity contribution is 9.10. The Balaban J connectivity index is 1.47. The van der Waals surface area contributed by atoms with Gasteiger partial charge in [-0.1, -0.05) is 59.1 Å². The van der Waals surface area contributed by atoms with E-state index in [-0.39, 0.29) is 23.7 Å². The van der Waals surface area contributed by atoms with Crippen molar-refractivity contribution in [1.29, 1.82) is 0 Å². The topological polar surface area (TPSA) is 121 Å². The summed E-state index contributed by atoms with van der Waals surface area (Å²) in [5, 5.41) is 6.98. The van der Waals surface area contributed by atoms with Gasteiger partial charge in [0.2, 0.25) is 10.0 Å². The molecule has 1 heterocycles. The van der Waals surface area contributed by atoms with Crippen LogP contribution >= 0.6 is 39.1 Å². The molecule has 0 aliphatic rings. The molecule has 0 aliphatic carbocycles. The Bertz CT molecular complexity index is 1710. The van der Waals surface area contributed by atoms with Crippen molar-refractivity contribution in [3.63, 3.8) is 0 Å². The van der Waals surface area contributed by atoms with Crippen LogP contribution in [0.3, 0.4) is 0 Å². The van der Waals surface area contributed by atoms with Crippen molar-refractivity contribution in [3.05, 3.63) is 116 Å². The van der Waals surface area contributed by atoms with E-state index in [9.17, 15) is 18.0 Å². The van der Waals surface area contributed by atoms with Gasteiger partial charge in [-0.2, -0.15) is 9.41 Å². The molecular weight excluding hydrogens is 655 g/mol.